The van der Waals surface area contributed by atoms with E-state index in [0.717, 1.165) is 42.3 Å². The Bertz CT molecular complexity index is 1360. The minimum Gasteiger partial charge on any atom is -0.396 e. The van der Waals surface area contributed by atoms with E-state index < -0.39 is 0 Å². The predicted molar refractivity (Wildman–Crippen MR) is 153 cm³/mol. The Kier molecular flexibility index (Phi) is 8.58. The second-order valence-corrected chi connectivity index (χ2v) is 11.8. The van der Waals surface area contributed by atoms with Crippen LogP contribution in [0.2, 0.25) is 0 Å². The van der Waals surface area contributed by atoms with Crippen LogP contribution < -0.4 is 15.2 Å². The van der Waals surface area contributed by atoms with E-state index in [4.69, 9.17) is 0 Å². The van der Waals surface area contributed by atoms with E-state index in [1.54, 1.807) is 11.3 Å². The average molecular weight is 519 g/mol. The molecule has 1 aliphatic carbocycles. The Labute approximate surface area is 222 Å². The van der Waals surface area contributed by atoms with Crippen LogP contribution in [0, 0.1) is 11.3 Å². The number of aliphatic hydroxyl groups excluding tert-OH is 1. The number of nitrogens with zero attached hydrogens (tertiary/aromatic N) is 3. The van der Waals surface area contributed by atoms with E-state index >= 15 is 0 Å². The molecule has 0 bridgehead atoms. The van der Waals surface area contributed by atoms with Crippen molar-refractivity contribution in [3.63, 3.8) is 0 Å². The number of likely N-dealkylation sites (N-methyl/N-ethyl adjacent to an activating group) is 1. The molecule has 1 aromatic heterocycles. The lowest BCUT2D eigenvalue weighted by Crippen LogP contribution is -2.43. The molecule has 1 saturated heterocycles. The third-order valence-corrected chi connectivity index (χ3v) is 9.10. The van der Waals surface area contributed by atoms with Crippen molar-refractivity contribution < 1.29 is 5.11 Å². The van der Waals surface area contributed by atoms with Crippen LogP contribution in [-0.4, -0.2) is 60.3 Å². The summed E-state index contributed by atoms with van der Waals surface area (Å²) in [5, 5.41) is 21.4. The molecule has 188 valence electrons. The highest BCUT2D eigenvalue weighted by Gasteiger charge is 2.19. The number of piperazine rings is 1. The molecule has 1 fully saturated rings. The second kappa shape index (κ2) is 11.7. The van der Waals surface area contributed by atoms with Gasteiger partial charge in [0.05, 0.1) is 5.70 Å². The second-order valence-electron chi connectivity index (χ2n) is 9.93. The maximum absolute atomic E-state index is 9.76. The fourth-order valence-electron chi connectivity index (χ4n) is 4.15. The maximum Gasteiger partial charge on any atom is 0.108 e. The van der Waals surface area contributed by atoms with Gasteiger partial charge in [-0.25, -0.2) is 0 Å². The highest BCUT2D eigenvalue weighted by molar-refractivity contribution is 8.01. The lowest BCUT2D eigenvalue weighted by atomic mass is 10.0. The van der Waals surface area contributed by atoms with Gasteiger partial charge in [0, 0.05) is 48.1 Å². The Hall–Kier alpha value is -2.56. The number of benzene rings is 1. The molecule has 5 nitrogen and oxygen atoms in total. The van der Waals surface area contributed by atoms with E-state index in [1.165, 1.54) is 32.8 Å². The van der Waals surface area contributed by atoms with Gasteiger partial charge in [0.15, 0.2) is 0 Å². The summed E-state index contributed by atoms with van der Waals surface area (Å²) in [5.74, 6) is 0. The van der Waals surface area contributed by atoms with Gasteiger partial charge in [-0.2, -0.15) is 5.26 Å². The molecule has 7 heteroatoms. The van der Waals surface area contributed by atoms with Gasteiger partial charge in [-0.05, 0) is 104 Å². The molecule has 0 radical (unpaired) electrons. The van der Waals surface area contributed by atoms with E-state index in [2.05, 4.69) is 75.9 Å². The summed E-state index contributed by atoms with van der Waals surface area (Å²) < 4.78 is 3.33. The van der Waals surface area contributed by atoms with Crippen LogP contribution in [0.15, 0.2) is 52.7 Å². The molecule has 2 aliphatic rings. The van der Waals surface area contributed by atoms with Crippen molar-refractivity contribution in [2.75, 3.05) is 39.8 Å². The van der Waals surface area contributed by atoms with E-state index in [-0.39, 0.29) is 12.1 Å². The molecule has 0 spiro atoms. The molecule has 4 rings (SSSR count). The lowest BCUT2D eigenvalue weighted by Gasteiger charge is -2.33. The Morgan fingerprint density at radius 1 is 1.19 bits per heavy atom. The zero-order chi connectivity index (χ0) is 25.7. The number of nitrogens with one attached hydrogen (secondary N) is 1. The van der Waals surface area contributed by atoms with Crippen LogP contribution in [0.5, 0.6) is 0 Å². The molecule has 0 saturated carbocycles. The largest absolute Gasteiger partial charge is 0.396 e. The molecule has 1 aromatic carbocycles. The molecular weight excluding hydrogens is 484 g/mol. The summed E-state index contributed by atoms with van der Waals surface area (Å²) in [5.41, 5.74) is 6.50. The van der Waals surface area contributed by atoms with E-state index in [1.807, 2.05) is 26.8 Å². The van der Waals surface area contributed by atoms with Gasteiger partial charge in [0.2, 0.25) is 0 Å². The number of allylic oxidation sites excluding steroid dienone is 3. The molecule has 36 heavy (non-hydrogen) atoms. The van der Waals surface area contributed by atoms with Crippen molar-refractivity contribution in [1.29, 1.82) is 5.26 Å². The molecule has 2 heterocycles. The zero-order valence-electron chi connectivity index (χ0n) is 21.5. The minimum absolute atomic E-state index is 0.110. The smallest absolute Gasteiger partial charge is 0.108 e. The number of hydrogen-bond donors (Lipinski definition) is 2. The summed E-state index contributed by atoms with van der Waals surface area (Å²) >= 11 is 3.05. The van der Waals surface area contributed by atoms with Gasteiger partial charge >= 0.3 is 0 Å². The fourth-order valence-corrected chi connectivity index (χ4v) is 6.01. The highest BCUT2D eigenvalue weighted by Crippen LogP contribution is 2.34. The Morgan fingerprint density at radius 3 is 2.69 bits per heavy atom. The summed E-state index contributed by atoms with van der Waals surface area (Å²) in [7, 11) is 2.17. The highest BCUT2D eigenvalue weighted by atomic mass is 32.2. The average Bonchev–Trinajstić information content (AvgIpc) is 3.25. The number of fused-ring (bicyclic) bond motifs is 1. The SMILES string of the molecule is C/C(=C(/C#N)SNC(C)(C)CCO)c1ccc(-c2ccc3c(c2)=CC=C=C(N2CCN(C)CC2)C=3)s1. The van der Waals surface area contributed by atoms with Crippen molar-refractivity contribution in [2.45, 2.75) is 32.7 Å². The molecule has 1 aliphatic heterocycles. The summed E-state index contributed by atoms with van der Waals surface area (Å²) in [6, 6.07) is 13.2. The monoisotopic (exact) mass is 518 g/mol. The van der Waals surface area contributed by atoms with Crippen LogP contribution in [0.25, 0.3) is 28.2 Å². The summed E-state index contributed by atoms with van der Waals surface area (Å²) in [6.45, 7) is 10.4. The first-order valence-corrected chi connectivity index (χ1v) is 13.9. The number of rotatable bonds is 8. The van der Waals surface area contributed by atoms with E-state index in [9.17, 15) is 10.4 Å². The lowest BCUT2D eigenvalue weighted by molar-refractivity contribution is 0.192. The zero-order valence-corrected chi connectivity index (χ0v) is 23.1. The number of nitriles is 1. The van der Waals surface area contributed by atoms with Gasteiger partial charge in [-0.3, -0.25) is 4.72 Å². The van der Waals surface area contributed by atoms with Gasteiger partial charge in [0.1, 0.15) is 11.0 Å². The third-order valence-electron chi connectivity index (χ3n) is 6.59. The fraction of sp³-hybridized carbons (Fsp3) is 0.379. The third kappa shape index (κ3) is 6.41. The van der Waals surface area contributed by atoms with Crippen molar-refractivity contribution in [3.8, 4) is 16.5 Å². The standard InChI is InChI=1S/C29H34N4OS2/c1-21(28(20-30)36-31-29(2,3)12-17-34)26-10-11-27(35-26)24-9-8-23-19-25(7-5-6-22(23)18-24)33-15-13-32(4)14-16-33/h5-6,8-11,18-19,31,34H,12-17H2,1-4H3/b28-21+. The van der Waals surface area contributed by atoms with Crippen LogP contribution in [-0.2, 0) is 0 Å². The molecule has 0 atom stereocenters. The van der Waals surface area contributed by atoms with E-state index in [0.29, 0.717) is 11.3 Å². The maximum atomic E-state index is 9.76. The van der Waals surface area contributed by atoms with Crippen LogP contribution in [0.3, 0.4) is 0 Å². The van der Waals surface area contributed by atoms with Crippen LogP contribution in [0.4, 0.5) is 0 Å². The van der Waals surface area contributed by atoms with Crippen LogP contribution in [0.1, 0.15) is 32.1 Å². The number of thiophene rings is 1. The van der Waals surface area contributed by atoms with Crippen molar-refractivity contribution in [1.82, 2.24) is 14.5 Å². The Morgan fingerprint density at radius 2 is 1.97 bits per heavy atom. The quantitative estimate of drug-likeness (QED) is 0.314. The minimum atomic E-state index is -0.259. The van der Waals surface area contributed by atoms with Gasteiger partial charge in [-0.15, -0.1) is 11.3 Å². The Balaban J connectivity index is 1.55. The molecular formula is C29H34N4OS2. The van der Waals surface area contributed by atoms with Gasteiger partial charge < -0.3 is 14.9 Å². The van der Waals surface area contributed by atoms with Crippen molar-refractivity contribution in [3.05, 3.63) is 68.1 Å². The number of aliphatic hydroxyl groups is 1. The molecule has 0 unspecified atom stereocenters. The first-order valence-electron chi connectivity index (χ1n) is 12.3. The molecule has 0 amide bonds. The van der Waals surface area contributed by atoms with Crippen molar-refractivity contribution >= 4 is 41.0 Å². The number of hydrogen-bond acceptors (Lipinski definition) is 7. The first kappa shape index (κ1) is 26.5. The predicted octanol–water partition coefficient (Wildman–Crippen LogP) is 3.93. The normalized spacial score (nSPS) is 16.8. The van der Waals surface area contributed by atoms with Crippen LogP contribution >= 0.6 is 23.3 Å². The topological polar surface area (TPSA) is 62.5 Å². The first-order chi connectivity index (χ1) is 17.3. The van der Waals surface area contributed by atoms with Gasteiger partial charge in [0.25, 0.3) is 0 Å². The molecule has 2 aromatic rings. The summed E-state index contributed by atoms with van der Waals surface area (Å²) in [6.07, 6.45) is 7.05. The van der Waals surface area contributed by atoms with Gasteiger partial charge in [-0.1, -0.05) is 17.9 Å². The molecule has 2 N–H and O–H groups in total. The van der Waals surface area contributed by atoms with Crippen molar-refractivity contribution in [2.24, 2.45) is 0 Å². The summed E-state index contributed by atoms with van der Waals surface area (Å²) in [4.78, 5) is 7.69.